The molecule has 0 rings (SSSR count). The zero-order chi connectivity index (χ0) is 21.3. The van der Waals surface area contributed by atoms with Crippen LogP contribution in [0.1, 0.15) is 27.2 Å². The van der Waals surface area contributed by atoms with Crippen molar-refractivity contribution in [1.82, 2.24) is 0 Å². The maximum atomic E-state index is 12.5. The number of rotatable bonds is 12. The molecule has 11 heteroatoms. The van der Waals surface area contributed by atoms with Crippen LogP contribution in [0.25, 0.3) is 0 Å². The van der Waals surface area contributed by atoms with Gasteiger partial charge >= 0.3 is 17.9 Å². The van der Waals surface area contributed by atoms with E-state index in [0.29, 0.717) is 0 Å². The number of ether oxygens (including phenoxy) is 3. The van der Waals surface area contributed by atoms with Crippen LogP contribution >= 0.6 is 0 Å². The van der Waals surface area contributed by atoms with Gasteiger partial charge < -0.3 is 14.2 Å². The van der Waals surface area contributed by atoms with Crippen LogP contribution in [0.5, 0.6) is 0 Å². The van der Waals surface area contributed by atoms with Gasteiger partial charge in [0.05, 0.1) is 0 Å². The fourth-order valence-electron chi connectivity index (χ4n) is 1.60. The van der Waals surface area contributed by atoms with E-state index in [4.69, 9.17) is 14.2 Å². The van der Waals surface area contributed by atoms with E-state index in [0.717, 1.165) is 0 Å². The first-order valence-electron chi connectivity index (χ1n) is 7.84. The normalized spacial score (nSPS) is 11.4. The third-order valence-corrected chi connectivity index (χ3v) is 4.44. The average molecular weight is 407 g/mol. The minimum Gasteiger partial charge on any atom is -0.464 e. The highest BCUT2D eigenvalue weighted by Gasteiger charge is 2.42. The van der Waals surface area contributed by atoms with Crippen molar-refractivity contribution in [1.29, 1.82) is 0 Å². The van der Waals surface area contributed by atoms with E-state index in [1.54, 1.807) is 6.92 Å². The van der Waals surface area contributed by atoms with E-state index in [1.807, 2.05) is 0 Å². The third-order valence-electron chi connectivity index (χ3n) is 3.48. The molecule has 0 amide bonds. The van der Waals surface area contributed by atoms with Gasteiger partial charge in [-0.05, 0) is 20.3 Å². The summed E-state index contributed by atoms with van der Waals surface area (Å²) in [5, 5.41) is 0. The Morgan fingerprint density at radius 1 is 0.963 bits per heavy atom. The van der Waals surface area contributed by atoms with Crippen molar-refractivity contribution in [2.45, 2.75) is 27.2 Å². The number of hydrogen-bond acceptors (Lipinski definition) is 10. The first kappa shape index (κ1) is 24.8. The van der Waals surface area contributed by atoms with Crippen LogP contribution in [-0.4, -0.2) is 51.9 Å². The summed E-state index contributed by atoms with van der Waals surface area (Å²) in [7, 11) is -4.03. The molecule has 0 saturated carbocycles. The van der Waals surface area contributed by atoms with Gasteiger partial charge in [-0.2, -0.15) is 18.6 Å². The molecule has 27 heavy (non-hydrogen) atoms. The maximum Gasteiger partial charge on any atom is 0.333 e. The smallest absolute Gasteiger partial charge is 0.333 e. The molecule has 0 atom stereocenters. The molecule has 0 aromatic rings. The molecule has 0 heterocycles. The fourth-order valence-corrected chi connectivity index (χ4v) is 1.98. The van der Waals surface area contributed by atoms with Crippen molar-refractivity contribution < 1.29 is 41.3 Å². The summed E-state index contributed by atoms with van der Waals surface area (Å²) in [6, 6.07) is 0. The number of nitrogens with two attached hydrogens (primary N) is 1. The molecule has 0 aromatic carbocycles. The van der Waals surface area contributed by atoms with Crippen molar-refractivity contribution in [3.05, 3.63) is 24.3 Å². The lowest BCUT2D eigenvalue weighted by Crippen LogP contribution is -2.43. The van der Waals surface area contributed by atoms with Gasteiger partial charge in [-0.15, -0.1) is 0 Å². The number of esters is 3. The topological polar surface area (TPSA) is 148 Å². The summed E-state index contributed by atoms with van der Waals surface area (Å²) >= 11 is 0. The van der Waals surface area contributed by atoms with Crippen LogP contribution in [0.4, 0.5) is 0 Å². The Morgan fingerprint density at radius 3 is 1.74 bits per heavy atom. The summed E-state index contributed by atoms with van der Waals surface area (Å²) < 4.78 is 41.1. The van der Waals surface area contributed by atoms with Crippen molar-refractivity contribution >= 4 is 28.0 Å². The standard InChI is InChI=1S/C16H25NO9S/c1-6-16(9-24-13(18)11(2)3,10-25-14(19)12(4)5)15(20)23-7-8-27(21,22)26-17/h2,4,6-10,17H2,1,3,5H3. The SMILES string of the molecule is C=C(C)C(=O)OCC(CC)(COC(=O)C(=C)C)C(=O)OCCS(=O)(=O)ON. The molecule has 0 aliphatic carbocycles. The Morgan fingerprint density at radius 2 is 1.41 bits per heavy atom. The van der Waals surface area contributed by atoms with E-state index in [1.165, 1.54) is 13.8 Å². The number of carbonyl (C=O) groups is 3. The van der Waals surface area contributed by atoms with Gasteiger partial charge in [0.1, 0.15) is 31.0 Å². The number of carbonyl (C=O) groups excluding carboxylic acids is 3. The quantitative estimate of drug-likeness (QED) is 0.208. The molecule has 0 radical (unpaired) electrons. The third kappa shape index (κ3) is 8.33. The van der Waals surface area contributed by atoms with Crippen molar-refractivity contribution in [3.63, 3.8) is 0 Å². The molecule has 0 aliphatic heterocycles. The highest BCUT2D eigenvalue weighted by molar-refractivity contribution is 7.86. The molecular formula is C16H25NO9S. The lowest BCUT2D eigenvalue weighted by atomic mass is 9.87. The summed E-state index contributed by atoms with van der Waals surface area (Å²) in [4.78, 5) is 35.8. The molecule has 0 aliphatic rings. The monoisotopic (exact) mass is 407 g/mol. The summed E-state index contributed by atoms with van der Waals surface area (Å²) in [5.74, 6) is 1.51. The first-order chi connectivity index (χ1) is 12.4. The molecule has 10 nitrogen and oxygen atoms in total. The summed E-state index contributed by atoms with van der Waals surface area (Å²) in [5.41, 5.74) is -1.32. The van der Waals surface area contributed by atoms with E-state index >= 15 is 0 Å². The van der Waals surface area contributed by atoms with E-state index < -0.39 is 59.0 Å². The van der Waals surface area contributed by atoms with Gasteiger partial charge in [-0.25, -0.2) is 9.59 Å². The Bertz CT molecular complexity index is 667. The van der Waals surface area contributed by atoms with Gasteiger partial charge in [0.25, 0.3) is 10.1 Å². The molecule has 0 aromatic heterocycles. The summed E-state index contributed by atoms with van der Waals surface area (Å²) in [6.45, 7) is 9.82. The second-order valence-electron chi connectivity index (χ2n) is 5.84. The Hall–Kier alpha value is -2.24. The van der Waals surface area contributed by atoms with Crippen LogP contribution in [-0.2, 0) is 43.0 Å². The van der Waals surface area contributed by atoms with Gasteiger partial charge in [0.15, 0.2) is 0 Å². The van der Waals surface area contributed by atoms with Crippen LogP contribution in [0.3, 0.4) is 0 Å². The lowest BCUT2D eigenvalue weighted by molar-refractivity contribution is -0.169. The lowest BCUT2D eigenvalue weighted by Gasteiger charge is -2.29. The van der Waals surface area contributed by atoms with Crippen LogP contribution in [0.15, 0.2) is 24.3 Å². The summed E-state index contributed by atoms with van der Waals surface area (Å²) in [6.07, 6.45) is 0.0684. The molecule has 2 N–H and O–H groups in total. The predicted octanol–water partition coefficient (Wildman–Crippen LogP) is 0.385. The van der Waals surface area contributed by atoms with Crippen LogP contribution in [0, 0.1) is 5.41 Å². The van der Waals surface area contributed by atoms with E-state index in [9.17, 15) is 22.8 Å². The predicted molar refractivity (Wildman–Crippen MR) is 94.3 cm³/mol. The molecular weight excluding hydrogens is 382 g/mol. The molecule has 0 saturated heterocycles. The molecule has 154 valence electrons. The molecule has 0 bridgehead atoms. The minimum absolute atomic E-state index is 0.0684. The average Bonchev–Trinajstić information content (AvgIpc) is 2.61. The van der Waals surface area contributed by atoms with Crippen molar-refractivity contribution in [2.24, 2.45) is 11.3 Å². The zero-order valence-corrected chi connectivity index (χ0v) is 16.4. The Balaban J connectivity index is 5.29. The first-order valence-corrected chi connectivity index (χ1v) is 9.42. The fraction of sp³-hybridized carbons (Fsp3) is 0.562. The van der Waals surface area contributed by atoms with Crippen molar-refractivity contribution in [3.8, 4) is 0 Å². The highest BCUT2D eigenvalue weighted by atomic mass is 32.2. The van der Waals surface area contributed by atoms with Gasteiger partial charge in [-0.3, -0.25) is 4.79 Å². The largest absolute Gasteiger partial charge is 0.464 e. The van der Waals surface area contributed by atoms with E-state index in [-0.39, 0.29) is 17.6 Å². The molecule has 0 spiro atoms. The zero-order valence-electron chi connectivity index (χ0n) is 15.6. The second-order valence-corrected chi connectivity index (χ2v) is 7.56. The second kappa shape index (κ2) is 10.8. The maximum absolute atomic E-state index is 12.5. The molecule has 0 fully saturated rings. The van der Waals surface area contributed by atoms with Crippen LogP contribution < -0.4 is 5.90 Å². The van der Waals surface area contributed by atoms with Gasteiger partial charge in [0.2, 0.25) is 0 Å². The molecule has 0 unspecified atom stereocenters. The van der Waals surface area contributed by atoms with Crippen molar-refractivity contribution in [2.75, 3.05) is 25.6 Å². The van der Waals surface area contributed by atoms with Gasteiger partial charge in [-0.1, -0.05) is 20.1 Å². The number of hydrogen-bond donors (Lipinski definition) is 1. The Labute approximate surface area is 158 Å². The van der Waals surface area contributed by atoms with Crippen LogP contribution in [0.2, 0.25) is 0 Å². The minimum atomic E-state index is -4.03. The highest BCUT2D eigenvalue weighted by Crippen LogP contribution is 2.26. The van der Waals surface area contributed by atoms with Gasteiger partial charge in [0, 0.05) is 11.1 Å². The van der Waals surface area contributed by atoms with E-state index in [2.05, 4.69) is 23.3 Å². The Kier molecular flexibility index (Phi) is 9.90.